The first-order chi connectivity index (χ1) is 8.65. The van der Waals surface area contributed by atoms with Crippen molar-refractivity contribution in [3.63, 3.8) is 0 Å². The number of nitrogens with one attached hydrogen (secondary N) is 1. The molecule has 0 saturated heterocycles. The molecule has 0 aliphatic rings. The van der Waals surface area contributed by atoms with Gasteiger partial charge in [-0.15, -0.1) is 13.2 Å². The van der Waals surface area contributed by atoms with Crippen LogP contribution in [0, 0.1) is 0 Å². The number of benzene rings is 1. The Hall–Kier alpha value is -0.800. The lowest BCUT2D eigenvalue weighted by Crippen LogP contribution is -2.26. The second-order valence-electron chi connectivity index (χ2n) is 3.54. The molecule has 4 nitrogen and oxygen atoms in total. The molecule has 0 saturated carbocycles. The van der Waals surface area contributed by atoms with Gasteiger partial charge in [0.25, 0.3) is 0 Å². The summed E-state index contributed by atoms with van der Waals surface area (Å²) in [5.41, 5.74) is 0. The molecule has 108 valence electrons. The van der Waals surface area contributed by atoms with Crippen molar-refractivity contribution in [1.82, 2.24) is 4.72 Å². The number of hydrogen-bond donors (Lipinski definition) is 1. The summed E-state index contributed by atoms with van der Waals surface area (Å²) in [7, 11) is -4.04. The zero-order valence-corrected chi connectivity index (χ0v) is 12.2. The third-order valence-corrected chi connectivity index (χ3v) is 3.96. The molecule has 0 spiro atoms. The highest BCUT2D eigenvalue weighted by Gasteiger charge is 2.34. The smallest absolute Gasteiger partial charge is 0.404 e. The summed E-state index contributed by atoms with van der Waals surface area (Å²) in [5, 5.41) is 0. The first-order valence-electron chi connectivity index (χ1n) is 5.20. The van der Waals surface area contributed by atoms with Crippen molar-refractivity contribution in [3.05, 3.63) is 22.7 Å². The fraction of sp³-hybridized carbons (Fsp3) is 0.400. The van der Waals surface area contributed by atoms with Crippen LogP contribution in [0.3, 0.4) is 0 Å². The molecule has 0 aliphatic heterocycles. The van der Waals surface area contributed by atoms with Crippen LogP contribution in [0.25, 0.3) is 0 Å². The van der Waals surface area contributed by atoms with Gasteiger partial charge in [0, 0.05) is 11.0 Å². The van der Waals surface area contributed by atoms with Crippen molar-refractivity contribution in [2.24, 2.45) is 0 Å². The zero-order chi connectivity index (χ0) is 14.7. The molecular weight excluding hydrogens is 351 g/mol. The molecule has 1 aromatic carbocycles. The fourth-order valence-electron chi connectivity index (χ4n) is 1.22. The van der Waals surface area contributed by atoms with Gasteiger partial charge in [0.15, 0.2) is 5.75 Å². The molecule has 19 heavy (non-hydrogen) atoms. The number of sulfonamides is 1. The molecule has 1 rings (SSSR count). The van der Waals surface area contributed by atoms with Crippen molar-refractivity contribution in [2.45, 2.75) is 24.6 Å². The van der Waals surface area contributed by atoms with E-state index in [-0.39, 0.29) is 11.0 Å². The SMILES string of the molecule is CCCNS(=O)(=O)c1ccc(Br)cc1OC(F)(F)F. The Bertz CT molecular complexity index is 545. The minimum absolute atomic E-state index is 0.129. The third kappa shape index (κ3) is 5.00. The molecule has 1 aromatic rings. The van der Waals surface area contributed by atoms with Gasteiger partial charge in [-0.05, 0) is 24.6 Å². The Labute approximate surface area is 117 Å². The summed E-state index contributed by atoms with van der Waals surface area (Å²) in [6.45, 7) is 1.86. The summed E-state index contributed by atoms with van der Waals surface area (Å²) >= 11 is 2.96. The van der Waals surface area contributed by atoms with Crippen LogP contribution in [0.1, 0.15) is 13.3 Å². The van der Waals surface area contributed by atoms with Crippen LogP contribution in [-0.4, -0.2) is 21.3 Å². The average molecular weight is 362 g/mol. The highest BCUT2D eigenvalue weighted by molar-refractivity contribution is 9.10. The van der Waals surface area contributed by atoms with E-state index >= 15 is 0 Å². The van der Waals surface area contributed by atoms with Gasteiger partial charge in [-0.25, -0.2) is 13.1 Å². The van der Waals surface area contributed by atoms with Crippen molar-refractivity contribution < 1.29 is 26.3 Å². The van der Waals surface area contributed by atoms with Crippen LogP contribution in [-0.2, 0) is 10.0 Å². The number of ether oxygens (including phenoxy) is 1. The standard InChI is InChI=1S/C10H11BrF3NO3S/c1-2-5-15-19(16,17)9-4-3-7(11)6-8(9)18-10(12,13)14/h3-4,6,15H,2,5H2,1H3. The van der Waals surface area contributed by atoms with E-state index in [4.69, 9.17) is 0 Å². The minimum atomic E-state index is -4.96. The monoisotopic (exact) mass is 361 g/mol. The van der Waals surface area contributed by atoms with Crippen LogP contribution in [0.15, 0.2) is 27.6 Å². The van der Waals surface area contributed by atoms with E-state index in [1.54, 1.807) is 6.92 Å². The van der Waals surface area contributed by atoms with E-state index in [1.807, 2.05) is 0 Å². The normalized spacial score (nSPS) is 12.5. The van der Waals surface area contributed by atoms with E-state index in [9.17, 15) is 21.6 Å². The average Bonchev–Trinajstić information content (AvgIpc) is 2.24. The van der Waals surface area contributed by atoms with Crippen molar-refractivity contribution >= 4 is 26.0 Å². The number of halogens is 4. The first kappa shape index (κ1) is 16.3. The Morgan fingerprint density at radius 2 is 2.00 bits per heavy atom. The third-order valence-electron chi connectivity index (χ3n) is 1.96. The van der Waals surface area contributed by atoms with Crippen molar-refractivity contribution in [3.8, 4) is 5.75 Å². The quantitative estimate of drug-likeness (QED) is 0.876. The summed E-state index contributed by atoms with van der Waals surface area (Å²) in [4.78, 5) is -0.554. The van der Waals surface area contributed by atoms with Crippen molar-refractivity contribution in [2.75, 3.05) is 6.54 Å². The van der Waals surface area contributed by atoms with Gasteiger partial charge in [0.1, 0.15) is 4.90 Å². The maximum atomic E-state index is 12.2. The predicted octanol–water partition coefficient (Wildman–Crippen LogP) is 3.04. The molecule has 0 atom stereocenters. The molecule has 0 aromatic heterocycles. The minimum Gasteiger partial charge on any atom is -0.404 e. The molecule has 0 bridgehead atoms. The molecule has 0 aliphatic carbocycles. The number of hydrogen-bond acceptors (Lipinski definition) is 3. The maximum absolute atomic E-state index is 12.2. The van der Waals surface area contributed by atoms with Gasteiger partial charge in [-0.2, -0.15) is 0 Å². The molecule has 0 unspecified atom stereocenters. The second kappa shape index (κ2) is 6.10. The molecular formula is C10H11BrF3NO3S. The predicted molar refractivity (Wildman–Crippen MR) is 66.3 cm³/mol. The Morgan fingerprint density at radius 1 is 1.37 bits per heavy atom. The van der Waals surface area contributed by atoms with E-state index in [2.05, 4.69) is 25.4 Å². The van der Waals surface area contributed by atoms with Crippen LogP contribution in [0.5, 0.6) is 5.75 Å². The van der Waals surface area contributed by atoms with Crippen LogP contribution in [0.4, 0.5) is 13.2 Å². The molecule has 1 N–H and O–H groups in total. The molecule has 0 radical (unpaired) electrons. The van der Waals surface area contributed by atoms with Gasteiger partial charge in [0.05, 0.1) is 0 Å². The lowest BCUT2D eigenvalue weighted by Gasteiger charge is -2.14. The molecule has 0 heterocycles. The summed E-state index contributed by atoms with van der Waals surface area (Å²) in [6, 6.07) is 3.32. The summed E-state index contributed by atoms with van der Waals surface area (Å²) in [6.07, 6.45) is -4.44. The highest BCUT2D eigenvalue weighted by atomic mass is 79.9. The van der Waals surface area contributed by atoms with Gasteiger partial charge in [-0.3, -0.25) is 0 Å². The molecule has 0 fully saturated rings. The topological polar surface area (TPSA) is 55.4 Å². The van der Waals surface area contributed by atoms with E-state index in [0.717, 1.165) is 12.1 Å². The number of alkyl halides is 3. The lowest BCUT2D eigenvalue weighted by molar-refractivity contribution is -0.275. The largest absolute Gasteiger partial charge is 0.573 e. The van der Waals surface area contributed by atoms with Gasteiger partial charge < -0.3 is 4.74 Å². The molecule has 0 amide bonds. The Kier molecular flexibility index (Phi) is 5.22. The summed E-state index contributed by atoms with van der Waals surface area (Å²) in [5.74, 6) is -0.773. The van der Waals surface area contributed by atoms with E-state index in [1.165, 1.54) is 6.07 Å². The first-order valence-corrected chi connectivity index (χ1v) is 7.48. The van der Waals surface area contributed by atoms with Crippen LogP contribution >= 0.6 is 15.9 Å². The fourth-order valence-corrected chi connectivity index (χ4v) is 2.80. The van der Waals surface area contributed by atoms with Gasteiger partial charge in [-0.1, -0.05) is 22.9 Å². The summed E-state index contributed by atoms with van der Waals surface area (Å²) < 4.78 is 66.6. The molecule has 9 heteroatoms. The van der Waals surface area contributed by atoms with Gasteiger partial charge in [0.2, 0.25) is 10.0 Å². The second-order valence-corrected chi connectivity index (χ2v) is 6.19. The van der Waals surface area contributed by atoms with E-state index < -0.39 is 27.0 Å². The van der Waals surface area contributed by atoms with E-state index in [0.29, 0.717) is 6.42 Å². The zero-order valence-electron chi connectivity index (χ0n) is 9.79. The highest BCUT2D eigenvalue weighted by Crippen LogP contribution is 2.32. The Balaban J connectivity index is 3.20. The maximum Gasteiger partial charge on any atom is 0.573 e. The van der Waals surface area contributed by atoms with Gasteiger partial charge >= 0.3 is 6.36 Å². The van der Waals surface area contributed by atoms with Crippen LogP contribution < -0.4 is 9.46 Å². The number of rotatable bonds is 5. The van der Waals surface area contributed by atoms with Crippen molar-refractivity contribution in [1.29, 1.82) is 0 Å². The van der Waals surface area contributed by atoms with Crippen LogP contribution in [0.2, 0.25) is 0 Å². The Morgan fingerprint density at radius 3 is 2.53 bits per heavy atom. The lowest BCUT2D eigenvalue weighted by atomic mass is 10.3.